The van der Waals surface area contributed by atoms with Gasteiger partial charge in [-0.25, -0.2) is 14.8 Å². The highest BCUT2D eigenvalue weighted by molar-refractivity contribution is 5.93. The van der Waals surface area contributed by atoms with E-state index in [1.54, 1.807) is 13.3 Å². The summed E-state index contributed by atoms with van der Waals surface area (Å²) in [5.41, 5.74) is 4.73. The number of aromatic nitrogens is 2. The topological polar surface area (TPSA) is 100 Å². The molecule has 1 fully saturated rings. The summed E-state index contributed by atoms with van der Waals surface area (Å²) >= 11 is 0. The van der Waals surface area contributed by atoms with E-state index in [-0.39, 0.29) is 6.61 Å². The number of ether oxygens (including phenoxy) is 2. The van der Waals surface area contributed by atoms with Crippen molar-refractivity contribution >= 4 is 34.3 Å². The smallest absolute Gasteiger partial charge is 0.414 e. The highest BCUT2D eigenvalue weighted by Gasteiger charge is 2.32. The number of nitrogens with zero attached hydrogens (tertiary/aromatic N) is 4. The van der Waals surface area contributed by atoms with E-state index < -0.39 is 12.2 Å². The Morgan fingerprint density at radius 3 is 2.94 bits per heavy atom. The fourth-order valence-electron chi connectivity index (χ4n) is 4.18. The average Bonchev–Trinajstić information content (AvgIpc) is 3.19. The van der Waals surface area contributed by atoms with Gasteiger partial charge in [0.05, 0.1) is 31.5 Å². The zero-order chi connectivity index (χ0) is 22.2. The number of hydrogen-bond donors (Lipinski definition) is 2. The molecule has 166 valence electrons. The first kappa shape index (κ1) is 20.5. The Hall–Kier alpha value is -3.43. The van der Waals surface area contributed by atoms with Crippen LogP contribution in [0.5, 0.6) is 5.75 Å². The first-order valence-electron chi connectivity index (χ1n) is 10.5. The summed E-state index contributed by atoms with van der Waals surface area (Å²) in [5, 5.41) is 13.4. The van der Waals surface area contributed by atoms with Crippen molar-refractivity contribution in [3.8, 4) is 5.75 Å². The van der Waals surface area contributed by atoms with Crippen molar-refractivity contribution in [1.29, 1.82) is 0 Å². The van der Waals surface area contributed by atoms with Crippen molar-refractivity contribution in [2.24, 2.45) is 0 Å². The molecule has 0 radical (unpaired) electrons. The summed E-state index contributed by atoms with van der Waals surface area (Å²) < 4.78 is 10.8. The second-order valence-electron chi connectivity index (χ2n) is 8.17. The average molecular weight is 435 g/mol. The second kappa shape index (κ2) is 8.25. The lowest BCUT2D eigenvalue weighted by molar-refractivity contribution is 0.0963. The van der Waals surface area contributed by atoms with E-state index in [1.165, 1.54) is 16.0 Å². The minimum Gasteiger partial charge on any atom is -0.495 e. The molecular weight excluding hydrogens is 410 g/mol. The first-order chi connectivity index (χ1) is 15.5. The minimum absolute atomic E-state index is 0.204. The Labute approximate surface area is 185 Å². The zero-order valence-electron chi connectivity index (χ0n) is 18.0. The third-order valence-corrected chi connectivity index (χ3v) is 5.93. The number of methoxy groups -OCH3 is 1. The number of amides is 1. The SMILES string of the molecule is COc1cc2c(cc1Nc1ncc3ccc(N4C[C@@H](CO)OC4=O)cc3n1)CN(C)CC2. The van der Waals surface area contributed by atoms with Gasteiger partial charge < -0.3 is 24.8 Å². The molecule has 9 heteroatoms. The largest absolute Gasteiger partial charge is 0.495 e. The molecule has 2 aromatic carbocycles. The third kappa shape index (κ3) is 3.80. The molecule has 1 atom stereocenters. The number of likely N-dealkylation sites (N-methyl/N-ethyl adjacent to an activating group) is 1. The number of nitrogens with one attached hydrogen (secondary N) is 1. The minimum atomic E-state index is -0.517. The van der Waals surface area contributed by atoms with Gasteiger partial charge in [0.25, 0.3) is 0 Å². The van der Waals surface area contributed by atoms with Crippen LogP contribution in [0.1, 0.15) is 11.1 Å². The maximum absolute atomic E-state index is 12.1. The molecule has 5 rings (SSSR count). The van der Waals surface area contributed by atoms with Crippen LogP contribution in [0.15, 0.2) is 36.5 Å². The number of benzene rings is 2. The predicted octanol–water partition coefficient (Wildman–Crippen LogP) is 2.69. The molecule has 0 saturated carbocycles. The predicted molar refractivity (Wildman–Crippen MR) is 121 cm³/mol. The van der Waals surface area contributed by atoms with E-state index in [0.29, 0.717) is 23.7 Å². The van der Waals surface area contributed by atoms with Crippen LogP contribution < -0.4 is 15.0 Å². The molecule has 2 N–H and O–H groups in total. The molecule has 1 aromatic heterocycles. The fourth-order valence-corrected chi connectivity index (χ4v) is 4.18. The summed E-state index contributed by atoms with van der Waals surface area (Å²) in [4.78, 5) is 25.0. The van der Waals surface area contributed by atoms with Gasteiger partial charge in [0.15, 0.2) is 0 Å². The Balaban J connectivity index is 1.45. The van der Waals surface area contributed by atoms with Crippen molar-refractivity contribution in [3.63, 3.8) is 0 Å². The van der Waals surface area contributed by atoms with Crippen molar-refractivity contribution in [3.05, 3.63) is 47.7 Å². The van der Waals surface area contributed by atoms with Gasteiger partial charge in [-0.2, -0.15) is 0 Å². The first-order valence-corrected chi connectivity index (χ1v) is 10.5. The second-order valence-corrected chi connectivity index (χ2v) is 8.17. The fraction of sp³-hybridized carbons (Fsp3) is 0.348. The van der Waals surface area contributed by atoms with Gasteiger partial charge in [0.1, 0.15) is 11.9 Å². The summed E-state index contributed by atoms with van der Waals surface area (Å²) in [6.45, 7) is 2.02. The van der Waals surface area contributed by atoms with Gasteiger partial charge >= 0.3 is 6.09 Å². The van der Waals surface area contributed by atoms with Crippen LogP contribution in [0.25, 0.3) is 10.9 Å². The standard InChI is InChI=1S/C23H25N5O4/c1-27-6-5-14-8-21(31-2)20(7-16(14)11-27)26-22-24-10-15-3-4-17(9-19(15)25-22)28-12-18(13-29)32-23(28)30/h3-4,7-10,18,29H,5-6,11-13H2,1-2H3,(H,24,25,26)/t18-/m0/s1. The van der Waals surface area contributed by atoms with Crippen LogP contribution in [0.2, 0.25) is 0 Å². The van der Waals surface area contributed by atoms with Gasteiger partial charge in [-0.1, -0.05) is 0 Å². The molecule has 0 bridgehead atoms. The van der Waals surface area contributed by atoms with Crippen LogP contribution in [0.4, 0.5) is 22.1 Å². The van der Waals surface area contributed by atoms with Gasteiger partial charge in [-0.05, 0) is 54.9 Å². The van der Waals surface area contributed by atoms with Gasteiger partial charge in [-0.3, -0.25) is 4.90 Å². The normalized spacial score (nSPS) is 18.5. The highest BCUT2D eigenvalue weighted by atomic mass is 16.6. The lowest BCUT2D eigenvalue weighted by Crippen LogP contribution is -2.26. The molecule has 1 amide bonds. The number of carbonyl (C=O) groups is 1. The maximum atomic E-state index is 12.1. The van der Waals surface area contributed by atoms with Gasteiger partial charge in [0, 0.05) is 30.4 Å². The molecule has 9 nitrogen and oxygen atoms in total. The quantitative estimate of drug-likeness (QED) is 0.631. The Morgan fingerprint density at radius 1 is 1.28 bits per heavy atom. The van der Waals surface area contributed by atoms with Crippen molar-refractivity contribution < 1.29 is 19.4 Å². The maximum Gasteiger partial charge on any atom is 0.414 e. The van der Waals surface area contributed by atoms with E-state index in [9.17, 15) is 9.90 Å². The van der Waals surface area contributed by atoms with E-state index in [4.69, 9.17) is 9.47 Å². The number of cyclic esters (lactones) is 1. The lowest BCUT2D eigenvalue weighted by Gasteiger charge is -2.26. The summed E-state index contributed by atoms with van der Waals surface area (Å²) in [7, 11) is 3.77. The Bertz CT molecular complexity index is 1180. The van der Waals surface area contributed by atoms with Crippen LogP contribution in [-0.4, -0.2) is 66.0 Å². The van der Waals surface area contributed by atoms with Crippen molar-refractivity contribution in [2.45, 2.75) is 19.1 Å². The third-order valence-electron chi connectivity index (χ3n) is 5.93. The van der Waals surface area contributed by atoms with Crippen molar-refractivity contribution in [1.82, 2.24) is 14.9 Å². The molecule has 0 unspecified atom stereocenters. The van der Waals surface area contributed by atoms with Gasteiger partial charge in [-0.15, -0.1) is 0 Å². The molecular formula is C23H25N5O4. The lowest BCUT2D eigenvalue weighted by atomic mass is 9.99. The molecule has 3 heterocycles. The van der Waals surface area contributed by atoms with E-state index >= 15 is 0 Å². The molecule has 32 heavy (non-hydrogen) atoms. The Kier molecular flexibility index (Phi) is 5.28. The van der Waals surface area contributed by atoms with Crippen LogP contribution in [0, 0.1) is 0 Å². The molecule has 0 aliphatic carbocycles. The van der Waals surface area contributed by atoms with Crippen LogP contribution >= 0.6 is 0 Å². The van der Waals surface area contributed by atoms with Crippen molar-refractivity contribution in [2.75, 3.05) is 44.1 Å². The van der Waals surface area contributed by atoms with Gasteiger partial charge in [0.2, 0.25) is 5.95 Å². The molecule has 2 aliphatic heterocycles. The van der Waals surface area contributed by atoms with E-state index in [1.807, 2.05) is 18.2 Å². The van der Waals surface area contributed by atoms with Crippen LogP contribution in [0.3, 0.4) is 0 Å². The molecule has 2 aliphatic rings. The highest BCUT2D eigenvalue weighted by Crippen LogP contribution is 2.33. The number of anilines is 3. The number of aliphatic hydroxyl groups excluding tert-OH is 1. The summed E-state index contributed by atoms with van der Waals surface area (Å²) in [6.07, 6.45) is 1.75. The van der Waals surface area contributed by atoms with E-state index in [2.05, 4.69) is 39.4 Å². The zero-order valence-corrected chi connectivity index (χ0v) is 18.0. The van der Waals surface area contributed by atoms with E-state index in [0.717, 1.165) is 36.3 Å². The number of aliphatic hydroxyl groups is 1. The molecule has 3 aromatic rings. The monoisotopic (exact) mass is 435 g/mol. The molecule has 1 saturated heterocycles. The van der Waals surface area contributed by atoms with Crippen LogP contribution in [-0.2, 0) is 17.7 Å². The summed E-state index contributed by atoms with van der Waals surface area (Å²) in [6, 6.07) is 9.69. The molecule has 0 spiro atoms. The number of rotatable bonds is 5. The number of hydrogen-bond acceptors (Lipinski definition) is 8. The summed E-state index contributed by atoms with van der Waals surface area (Å²) in [5.74, 6) is 1.19. The Morgan fingerprint density at radius 2 is 2.16 bits per heavy atom. The number of fused-ring (bicyclic) bond motifs is 2. The number of carbonyl (C=O) groups excluding carboxylic acids is 1.